The van der Waals surface area contributed by atoms with Crippen LogP contribution in [0.15, 0.2) is 17.5 Å². The molecule has 3 heterocycles. The van der Waals surface area contributed by atoms with Gasteiger partial charge in [-0.2, -0.15) is 0 Å². The highest BCUT2D eigenvalue weighted by Gasteiger charge is 2.16. The molecule has 4 nitrogen and oxygen atoms in total. The van der Waals surface area contributed by atoms with Gasteiger partial charge in [0.25, 0.3) is 0 Å². The maximum atomic E-state index is 11.8. The maximum Gasteiger partial charge on any atom is 0.231 e. The molecule has 94 valence electrons. The Bertz CT molecular complexity index is 525. The van der Waals surface area contributed by atoms with Crippen molar-refractivity contribution in [2.45, 2.75) is 19.4 Å². The lowest BCUT2D eigenvalue weighted by atomic mass is 10.2. The Hall–Kier alpha value is -1.24. The lowest BCUT2D eigenvalue weighted by Gasteiger charge is -2.08. The van der Waals surface area contributed by atoms with E-state index in [9.17, 15) is 4.79 Å². The second-order valence-corrected chi connectivity index (χ2v) is 6.11. The van der Waals surface area contributed by atoms with Gasteiger partial charge in [-0.25, -0.2) is 4.98 Å². The number of aromatic nitrogens is 1. The zero-order valence-electron chi connectivity index (χ0n) is 9.64. The van der Waals surface area contributed by atoms with Crippen molar-refractivity contribution in [1.29, 1.82) is 0 Å². The molecule has 2 aromatic heterocycles. The van der Waals surface area contributed by atoms with Crippen molar-refractivity contribution in [2.75, 3.05) is 11.9 Å². The standard InChI is InChI=1S/C12H12N2O2S2/c15-11(6-8-2-1-5-17-8)14-12-13-9-3-4-16-7-10(9)18-12/h1-2,5H,3-4,6-7H2,(H,13,14,15). The van der Waals surface area contributed by atoms with Gasteiger partial charge in [-0.1, -0.05) is 17.4 Å². The Morgan fingerprint density at radius 3 is 3.28 bits per heavy atom. The molecule has 1 aliphatic rings. The molecule has 0 saturated heterocycles. The molecule has 0 radical (unpaired) electrons. The van der Waals surface area contributed by atoms with Gasteiger partial charge in [0, 0.05) is 11.3 Å². The first-order chi connectivity index (χ1) is 8.81. The van der Waals surface area contributed by atoms with Gasteiger partial charge in [0.2, 0.25) is 5.91 Å². The average molecular weight is 280 g/mol. The molecule has 0 unspecified atom stereocenters. The third-order valence-corrected chi connectivity index (χ3v) is 4.52. The molecule has 0 spiro atoms. The van der Waals surface area contributed by atoms with Crippen LogP contribution in [0, 0.1) is 0 Å². The van der Waals surface area contributed by atoms with Crippen molar-refractivity contribution in [3.05, 3.63) is 33.0 Å². The summed E-state index contributed by atoms with van der Waals surface area (Å²) in [6, 6.07) is 3.91. The molecule has 0 aliphatic carbocycles. The first-order valence-corrected chi connectivity index (χ1v) is 7.39. The summed E-state index contributed by atoms with van der Waals surface area (Å²) >= 11 is 3.10. The highest BCUT2D eigenvalue weighted by molar-refractivity contribution is 7.15. The SMILES string of the molecule is O=C(Cc1cccs1)Nc1nc2c(s1)COCC2. The number of amides is 1. The highest BCUT2D eigenvalue weighted by atomic mass is 32.1. The highest BCUT2D eigenvalue weighted by Crippen LogP contribution is 2.27. The predicted octanol–water partition coefficient (Wildman–Crippen LogP) is 2.46. The zero-order valence-corrected chi connectivity index (χ0v) is 11.3. The van der Waals surface area contributed by atoms with Gasteiger partial charge >= 0.3 is 0 Å². The molecule has 18 heavy (non-hydrogen) atoms. The smallest absolute Gasteiger partial charge is 0.231 e. The van der Waals surface area contributed by atoms with Gasteiger partial charge in [0.1, 0.15) is 0 Å². The number of thiazole rings is 1. The van der Waals surface area contributed by atoms with Crippen LogP contribution >= 0.6 is 22.7 Å². The van der Waals surface area contributed by atoms with Crippen LogP contribution in [0.5, 0.6) is 0 Å². The lowest BCUT2D eigenvalue weighted by Crippen LogP contribution is -2.13. The van der Waals surface area contributed by atoms with Crippen LogP contribution < -0.4 is 5.32 Å². The molecular formula is C12H12N2O2S2. The monoisotopic (exact) mass is 280 g/mol. The quantitative estimate of drug-likeness (QED) is 0.939. The lowest BCUT2D eigenvalue weighted by molar-refractivity contribution is -0.115. The second kappa shape index (κ2) is 5.17. The minimum Gasteiger partial charge on any atom is -0.375 e. The number of anilines is 1. The van der Waals surface area contributed by atoms with Crippen LogP contribution in [-0.2, 0) is 29.0 Å². The van der Waals surface area contributed by atoms with E-state index in [-0.39, 0.29) is 5.91 Å². The summed E-state index contributed by atoms with van der Waals surface area (Å²) in [7, 11) is 0. The Balaban J connectivity index is 1.65. The van der Waals surface area contributed by atoms with Gasteiger partial charge in [-0.3, -0.25) is 4.79 Å². The fraction of sp³-hybridized carbons (Fsp3) is 0.333. The number of carbonyl (C=O) groups is 1. The molecule has 0 bridgehead atoms. The molecule has 0 saturated carbocycles. The second-order valence-electron chi connectivity index (χ2n) is 4.00. The van der Waals surface area contributed by atoms with Crippen molar-refractivity contribution in [3.63, 3.8) is 0 Å². The molecular weight excluding hydrogens is 268 g/mol. The minimum absolute atomic E-state index is 0.00975. The summed E-state index contributed by atoms with van der Waals surface area (Å²) in [5.74, 6) is -0.00975. The molecule has 1 N–H and O–H groups in total. The van der Waals surface area contributed by atoms with E-state index >= 15 is 0 Å². The van der Waals surface area contributed by atoms with Crippen molar-refractivity contribution in [3.8, 4) is 0 Å². The van der Waals surface area contributed by atoms with Crippen molar-refractivity contribution in [2.24, 2.45) is 0 Å². The number of thiophene rings is 1. The van der Waals surface area contributed by atoms with Crippen molar-refractivity contribution < 1.29 is 9.53 Å². The van der Waals surface area contributed by atoms with E-state index in [0.29, 0.717) is 18.2 Å². The van der Waals surface area contributed by atoms with E-state index in [4.69, 9.17) is 4.74 Å². The van der Waals surface area contributed by atoms with E-state index in [1.54, 1.807) is 11.3 Å². The van der Waals surface area contributed by atoms with Crippen LogP contribution in [0.1, 0.15) is 15.4 Å². The molecule has 1 aliphatic heterocycles. The first kappa shape index (κ1) is 11.8. The first-order valence-electron chi connectivity index (χ1n) is 5.70. The Morgan fingerprint density at radius 1 is 1.56 bits per heavy atom. The number of fused-ring (bicyclic) bond motifs is 1. The summed E-state index contributed by atoms with van der Waals surface area (Å²) in [6.07, 6.45) is 1.26. The molecule has 3 rings (SSSR count). The number of nitrogens with one attached hydrogen (secondary N) is 1. The largest absolute Gasteiger partial charge is 0.375 e. The number of hydrogen-bond donors (Lipinski definition) is 1. The Labute approximate surface area is 113 Å². The van der Waals surface area contributed by atoms with E-state index in [0.717, 1.165) is 28.5 Å². The molecule has 2 aromatic rings. The Morgan fingerprint density at radius 2 is 2.50 bits per heavy atom. The van der Waals surface area contributed by atoms with Crippen LogP contribution in [0.25, 0.3) is 0 Å². The number of carbonyl (C=O) groups excluding carboxylic acids is 1. The summed E-state index contributed by atoms with van der Waals surface area (Å²) in [5, 5.41) is 5.52. The van der Waals surface area contributed by atoms with Gasteiger partial charge in [0.05, 0.1) is 30.2 Å². The third kappa shape index (κ3) is 2.60. The molecule has 0 atom stereocenters. The summed E-state index contributed by atoms with van der Waals surface area (Å²) in [4.78, 5) is 18.5. The van der Waals surface area contributed by atoms with Crippen LogP contribution in [-0.4, -0.2) is 17.5 Å². The van der Waals surface area contributed by atoms with Gasteiger partial charge in [0.15, 0.2) is 5.13 Å². The van der Waals surface area contributed by atoms with Gasteiger partial charge in [-0.05, 0) is 11.4 Å². The van der Waals surface area contributed by atoms with Gasteiger partial charge < -0.3 is 10.1 Å². The molecule has 0 aromatic carbocycles. The van der Waals surface area contributed by atoms with E-state index in [1.807, 2.05) is 17.5 Å². The summed E-state index contributed by atoms with van der Waals surface area (Å²) in [5.41, 5.74) is 1.07. The van der Waals surface area contributed by atoms with E-state index in [1.165, 1.54) is 11.3 Å². The molecule has 6 heteroatoms. The third-order valence-electron chi connectivity index (χ3n) is 2.66. The van der Waals surface area contributed by atoms with Crippen molar-refractivity contribution in [1.82, 2.24) is 4.98 Å². The topological polar surface area (TPSA) is 51.2 Å². The fourth-order valence-corrected chi connectivity index (χ4v) is 3.48. The average Bonchev–Trinajstić information content (AvgIpc) is 2.96. The summed E-state index contributed by atoms with van der Waals surface area (Å²) < 4.78 is 5.36. The number of nitrogens with zero attached hydrogens (tertiary/aromatic N) is 1. The van der Waals surface area contributed by atoms with E-state index in [2.05, 4.69) is 10.3 Å². The number of ether oxygens (including phenoxy) is 1. The fourth-order valence-electron chi connectivity index (χ4n) is 1.81. The summed E-state index contributed by atoms with van der Waals surface area (Å²) in [6.45, 7) is 1.34. The normalized spacial score (nSPS) is 14.2. The van der Waals surface area contributed by atoms with Crippen molar-refractivity contribution >= 4 is 33.7 Å². The predicted molar refractivity (Wildman–Crippen MR) is 72.1 cm³/mol. The van der Waals surface area contributed by atoms with Crippen LogP contribution in [0.3, 0.4) is 0 Å². The molecule has 1 amide bonds. The van der Waals surface area contributed by atoms with Crippen LogP contribution in [0.4, 0.5) is 5.13 Å². The van der Waals surface area contributed by atoms with Crippen LogP contribution in [0.2, 0.25) is 0 Å². The van der Waals surface area contributed by atoms with E-state index < -0.39 is 0 Å². The Kier molecular flexibility index (Phi) is 3.40. The maximum absolute atomic E-state index is 11.8. The number of hydrogen-bond acceptors (Lipinski definition) is 5. The minimum atomic E-state index is -0.00975. The van der Waals surface area contributed by atoms with Gasteiger partial charge in [-0.15, -0.1) is 11.3 Å². The number of rotatable bonds is 3. The molecule has 0 fully saturated rings. The zero-order chi connectivity index (χ0) is 12.4.